The molecule has 2 rings (SSSR count). The highest BCUT2D eigenvalue weighted by Gasteiger charge is 2.21. The first kappa shape index (κ1) is 14.9. The van der Waals surface area contributed by atoms with E-state index in [0.29, 0.717) is 15.7 Å². The fourth-order valence-corrected chi connectivity index (χ4v) is 4.08. The van der Waals surface area contributed by atoms with Crippen LogP contribution in [0.15, 0.2) is 18.2 Å². The molecule has 1 aromatic rings. The van der Waals surface area contributed by atoms with Crippen molar-refractivity contribution in [2.75, 3.05) is 23.6 Å². The van der Waals surface area contributed by atoms with Crippen molar-refractivity contribution in [3.63, 3.8) is 0 Å². The van der Waals surface area contributed by atoms with Crippen LogP contribution in [0.5, 0.6) is 0 Å². The number of piperidine rings is 1. The van der Waals surface area contributed by atoms with Crippen molar-refractivity contribution in [3.05, 3.63) is 28.2 Å². The minimum atomic E-state index is -3.39. The summed E-state index contributed by atoms with van der Waals surface area (Å²) in [6.07, 6.45) is 1.76. The third-order valence-electron chi connectivity index (χ3n) is 3.11. The minimum absolute atomic E-state index is 0.123. The van der Waals surface area contributed by atoms with Crippen LogP contribution in [0, 0.1) is 5.92 Å². The van der Waals surface area contributed by atoms with Gasteiger partial charge in [0.25, 0.3) is 0 Å². The highest BCUT2D eigenvalue weighted by molar-refractivity contribution is 7.92. The number of anilines is 1. The van der Waals surface area contributed by atoms with Gasteiger partial charge in [-0.2, -0.15) is 0 Å². The molecule has 0 aliphatic carbocycles. The first-order valence-corrected chi connectivity index (χ1v) is 8.53. The Balaban J connectivity index is 2.05. The molecule has 0 spiro atoms. The van der Waals surface area contributed by atoms with E-state index in [1.165, 1.54) is 6.07 Å². The topological polar surface area (TPSA) is 58.2 Å². The largest absolute Gasteiger partial charge is 0.317 e. The summed E-state index contributed by atoms with van der Waals surface area (Å²) in [6, 6.07) is 4.71. The molecule has 2 N–H and O–H groups in total. The Hall–Kier alpha value is -0.490. The van der Waals surface area contributed by atoms with Crippen LogP contribution in [0.1, 0.15) is 12.8 Å². The van der Waals surface area contributed by atoms with Crippen molar-refractivity contribution in [1.29, 1.82) is 0 Å². The van der Waals surface area contributed by atoms with E-state index in [2.05, 4.69) is 10.0 Å². The van der Waals surface area contributed by atoms with Crippen LogP contribution in [0.3, 0.4) is 0 Å². The summed E-state index contributed by atoms with van der Waals surface area (Å²) in [5.41, 5.74) is 0.336. The molecular formula is C12H16Cl2N2O2S. The van der Waals surface area contributed by atoms with E-state index in [1.807, 2.05) is 0 Å². The molecule has 0 aromatic heterocycles. The Labute approximate surface area is 123 Å². The standard InChI is InChI=1S/C12H16Cl2N2O2S/c13-10-1-2-11(14)12(7-10)16-19(17,18)8-9-3-5-15-6-4-9/h1-2,7,9,15-16H,3-6,8H2. The second-order valence-corrected chi connectivity index (χ2v) is 7.31. The smallest absolute Gasteiger partial charge is 0.233 e. The predicted octanol–water partition coefficient (Wildman–Crippen LogP) is 2.73. The number of rotatable bonds is 4. The normalized spacial score (nSPS) is 17.4. The monoisotopic (exact) mass is 322 g/mol. The summed E-state index contributed by atoms with van der Waals surface area (Å²) in [4.78, 5) is 0. The minimum Gasteiger partial charge on any atom is -0.317 e. The van der Waals surface area contributed by atoms with Crippen LogP contribution in [0.4, 0.5) is 5.69 Å². The molecule has 0 unspecified atom stereocenters. The van der Waals surface area contributed by atoms with Gasteiger partial charge in [0.15, 0.2) is 0 Å². The Morgan fingerprint density at radius 2 is 1.95 bits per heavy atom. The quantitative estimate of drug-likeness (QED) is 0.896. The average molecular weight is 323 g/mol. The molecule has 0 radical (unpaired) electrons. The lowest BCUT2D eigenvalue weighted by Crippen LogP contribution is -2.33. The van der Waals surface area contributed by atoms with E-state index < -0.39 is 10.0 Å². The molecule has 1 fully saturated rings. The molecule has 1 saturated heterocycles. The highest BCUT2D eigenvalue weighted by Crippen LogP contribution is 2.27. The predicted molar refractivity (Wildman–Crippen MR) is 79.5 cm³/mol. The maximum atomic E-state index is 12.1. The number of halogens is 2. The molecule has 106 valence electrons. The van der Waals surface area contributed by atoms with E-state index in [0.717, 1.165) is 25.9 Å². The number of hydrogen-bond acceptors (Lipinski definition) is 3. The third-order valence-corrected chi connectivity index (χ3v) is 5.11. The highest BCUT2D eigenvalue weighted by atomic mass is 35.5. The Bertz CT molecular complexity index is 543. The van der Waals surface area contributed by atoms with Crippen molar-refractivity contribution < 1.29 is 8.42 Å². The zero-order chi connectivity index (χ0) is 13.9. The van der Waals surface area contributed by atoms with Gasteiger partial charge in [-0.15, -0.1) is 0 Å². The van der Waals surface area contributed by atoms with Gasteiger partial charge in [-0.25, -0.2) is 8.42 Å². The molecule has 1 aromatic carbocycles. The van der Waals surface area contributed by atoms with Crippen molar-refractivity contribution in [3.8, 4) is 0 Å². The zero-order valence-electron chi connectivity index (χ0n) is 10.3. The fourth-order valence-electron chi connectivity index (χ4n) is 2.14. The Morgan fingerprint density at radius 1 is 1.26 bits per heavy atom. The lowest BCUT2D eigenvalue weighted by Gasteiger charge is -2.22. The molecular weight excluding hydrogens is 307 g/mol. The van der Waals surface area contributed by atoms with Crippen LogP contribution in [-0.2, 0) is 10.0 Å². The van der Waals surface area contributed by atoms with Gasteiger partial charge in [0, 0.05) is 5.02 Å². The van der Waals surface area contributed by atoms with E-state index in [-0.39, 0.29) is 11.7 Å². The molecule has 1 heterocycles. The summed E-state index contributed by atoms with van der Waals surface area (Å²) < 4.78 is 26.7. The second kappa shape index (κ2) is 6.31. The van der Waals surface area contributed by atoms with Gasteiger partial charge in [-0.05, 0) is 50.0 Å². The van der Waals surface area contributed by atoms with Gasteiger partial charge in [-0.3, -0.25) is 4.72 Å². The van der Waals surface area contributed by atoms with E-state index in [1.54, 1.807) is 12.1 Å². The van der Waals surface area contributed by atoms with E-state index >= 15 is 0 Å². The molecule has 7 heteroatoms. The van der Waals surface area contributed by atoms with Gasteiger partial charge in [0.1, 0.15) is 0 Å². The van der Waals surface area contributed by atoms with Crippen LogP contribution < -0.4 is 10.0 Å². The molecule has 0 saturated carbocycles. The number of nitrogens with one attached hydrogen (secondary N) is 2. The van der Waals surface area contributed by atoms with E-state index in [9.17, 15) is 8.42 Å². The lowest BCUT2D eigenvalue weighted by molar-refractivity contribution is 0.402. The van der Waals surface area contributed by atoms with Crippen molar-refractivity contribution in [1.82, 2.24) is 5.32 Å². The van der Waals surface area contributed by atoms with Gasteiger partial charge in [0.05, 0.1) is 16.5 Å². The maximum Gasteiger partial charge on any atom is 0.233 e. The molecule has 0 atom stereocenters. The summed E-state index contributed by atoms with van der Waals surface area (Å²) in [5, 5.41) is 4.01. The van der Waals surface area contributed by atoms with Crippen molar-refractivity contribution in [2.45, 2.75) is 12.8 Å². The van der Waals surface area contributed by atoms with Gasteiger partial charge >= 0.3 is 0 Å². The number of sulfonamides is 1. The molecule has 19 heavy (non-hydrogen) atoms. The van der Waals surface area contributed by atoms with Crippen LogP contribution in [-0.4, -0.2) is 27.3 Å². The van der Waals surface area contributed by atoms with Crippen LogP contribution in [0.25, 0.3) is 0 Å². The van der Waals surface area contributed by atoms with Crippen molar-refractivity contribution in [2.24, 2.45) is 5.92 Å². The SMILES string of the molecule is O=S(=O)(CC1CCNCC1)Nc1cc(Cl)ccc1Cl. The van der Waals surface area contributed by atoms with Crippen molar-refractivity contribution >= 4 is 38.9 Å². The van der Waals surface area contributed by atoms with Gasteiger partial charge in [0.2, 0.25) is 10.0 Å². The first-order chi connectivity index (χ1) is 8.96. The van der Waals surface area contributed by atoms with Crippen LogP contribution in [0.2, 0.25) is 10.0 Å². The number of hydrogen-bond donors (Lipinski definition) is 2. The third kappa shape index (κ3) is 4.53. The van der Waals surface area contributed by atoms with Gasteiger partial charge in [-0.1, -0.05) is 23.2 Å². The summed E-state index contributed by atoms with van der Waals surface area (Å²) in [6.45, 7) is 1.75. The lowest BCUT2D eigenvalue weighted by atomic mass is 10.0. The molecule has 1 aliphatic heterocycles. The average Bonchev–Trinajstić information content (AvgIpc) is 2.34. The Kier molecular flexibility index (Phi) is 4.95. The van der Waals surface area contributed by atoms with E-state index in [4.69, 9.17) is 23.2 Å². The molecule has 0 bridgehead atoms. The molecule has 1 aliphatic rings. The summed E-state index contributed by atoms with van der Waals surface area (Å²) >= 11 is 11.8. The molecule has 4 nitrogen and oxygen atoms in total. The first-order valence-electron chi connectivity index (χ1n) is 6.12. The summed E-state index contributed by atoms with van der Waals surface area (Å²) in [7, 11) is -3.39. The molecule has 0 amide bonds. The maximum absolute atomic E-state index is 12.1. The second-order valence-electron chi connectivity index (χ2n) is 4.70. The summed E-state index contributed by atoms with van der Waals surface area (Å²) in [5.74, 6) is 0.314. The van der Waals surface area contributed by atoms with Crippen LogP contribution >= 0.6 is 23.2 Å². The fraction of sp³-hybridized carbons (Fsp3) is 0.500. The number of benzene rings is 1. The van der Waals surface area contributed by atoms with Gasteiger partial charge < -0.3 is 5.32 Å². The Morgan fingerprint density at radius 3 is 2.63 bits per heavy atom. The zero-order valence-corrected chi connectivity index (χ0v) is 12.7.